The van der Waals surface area contributed by atoms with Gasteiger partial charge in [-0.2, -0.15) is 4.31 Å². The molecule has 1 saturated heterocycles. The van der Waals surface area contributed by atoms with E-state index in [4.69, 9.17) is 5.73 Å². The van der Waals surface area contributed by atoms with Gasteiger partial charge in [-0.1, -0.05) is 0 Å². The highest BCUT2D eigenvalue weighted by Crippen LogP contribution is 2.23. The standard InChI is InChI=1S/C11H17N4O4S/c1-14-7-5-13-11(14)20(18,19)15-6-3-2-4-8(16)9(15)10(12)17/h4-5,7-9,16H,2-3,6H2,1H3,(H2,12,17). The van der Waals surface area contributed by atoms with Crippen molar-refractivity contribution < 1.29 is 18.3 Å². The van der Waals surface area contributed by atoms with Crippen LogP contribution in [0, 0.1) is 6.42 Å². The molecule has 2 unspecified atom stereocenters. The van der Waals surface area contributed by atoms with Crippen molar-refractivity contribution in [1.29, 1.82) is 0 Å². The average Bonchev–Trinajstić information content (AvgIpc) is 2.68. The number of aliphatic hydroxyl groups is 1. The number of imidazole rings is 1. The lowest BCUT2D eigenvalue weighted by Gasteiger charge is -2.28. The van der Waals surface area contributed by atoms with E-state index in [2.05, 4.69) is 4.98 Å². The second kappa shape index (κ2) is 5.51. The number of sulfonamides is 1. The SMILES string of the molecule is Cn1ccnc1S(=O)(=O)N1CCC[CH]C(O)C1C(N)=O. The Labute approximate surface area is 117 Å². The lowest BCUT2D eigenvalue weighted by Crippen LogP contribution is -2.53. The van der Waals surface area contributed by atoms with Gasteiger partial charge in [-0.25, -0.2) is 13.4 Å². The summed E-state index contributed by atoms with van der Waals surface area (Å²) in [5.74, 6) is -0.881. The Balaban J connectivity index is 2.46. The minimum atomic E-state index is -4.00. The number of hydrogen-bond donors (Lipinski definition) is 2. The first-order chi connectivity index (χ1) is 9.35. The molecule has 20 heavy (non-hydrogen) atoms. The molecule has 2 atom stereocenters. The zero-order valence-corrected chi connectivity index (χ0v) is 11.8. The third-order valence-electron chi connectivity index (χ3n) is 3.23. The van der Waals surface area contributed by atoms with Gasteiger partial charge in [0.05, 0.1) is 6.10 Å². The first kappa shape index (κ1) is 14.9. The van der Waals surface area contributed by atoms with E-state index < -0.39 is 28.1 Å². The molecule has 1 aromatic rings. The maximum Gasteiger partial charge on any atom is 0.277 e. The monoisotopic (exact) mass is 301 g/mol. The highest BCUT2D eigenvalue weighted by Gasteiger charge is 2.41. The number of rotatable bonds is 3. The summed E-state index contributed by atoms with van der Waals surface area (Å²) in [5.41, 5.74) is 5.25. The summed E-state index contributed by atoms with van der Waals surface area (Å²) in [4.78, 5) is 15.3. The molecule has 1 fully saturated rings. The molecule has 9 heteroatoms. The number of nitrogens with zero attached hydrogens (tertiary/aromatic N) is 3. The van der Waals surface area contributed by atoms with Gasteiger partial charge in [-0.05, 0) is 19.3 Å². The van der Waals surface area contributed by atoms with Crippen LogP contribution >= 0.6 is 0 Å². The third-order valence-corrected chi connectivity index (χ3v) is 5.11. The van der Waals surface area contributed by atoms with Gasteiger partial charge in [-0.15, -0.1) is 0 Å². The molecule has 3 N–H and O–H groups in total. The molecule has 1 radical (unpaired) electrons. The van der Waals surface area contributed by atoms with Crippen molar-refractivity contribution in [3.05, 3.63) is 18.8 Å². The van der Waals surface area contributed by atoms with E-state index in [0.717, 1.165) is 4.31 Å². The molecule has 0 saturated carbocycles. The predicted octanol–water partition coefficient (Wildman–Crippen LogP) is -1.38. The van der Waals surface area contributed by atoms with E-state index in [0.29, 0.717) is 12.8 Å². The van der Waals surface area contributed by atoms with Crippen LogP contribution in [0.15, 0.2) is 17.6 Å². The molecule has 1 aromatic heterocycles. The van der Waals surface area contributed by atoms with E-state index in [1.54, 1.807) is 7.05 Å². The van der Waals surface area contributed by atoms with Crippen LogP contribution in [-0.2, 0) is 21.9 Å². The first-order valence-electron chi connectivity index (χ1n) is 6.15. The van der Waals surface area contributed by atoms with E-state index in [-0.39, 0.29) is 11.7 Å². The van der Waals surface area contributed by atoms with Crippen LogP contribution in [0.3, 0.4) is 0 Å². The molecule has 2 rings (SSSR count). The largest absolute Gasteiger partial charge is 0.391 e. The van der Waals surface area contributed by atoms with Crippen molar-refractivity contribution in [3.63, 3.8) is 0 Å². The predicted molar refractivity (Wildman–Crippen MR) is 69.6 cm³/mol. The van der Waals surface area contributed by atoms with E-state index >= 15 is 0 Å². The molecule has 1 aliphatic heterocycles. The van der Waals surface area contributed by atoms with Gasteiger partial charge in [0.2, 0.25) is 11.1 Å². The van der Waals surface area contributed by atoms with Gasteiger partial charge in [0, 0.05) is 26.0 Å². The molecule has 1 amide bonds. The van der Waals surface area contributed by atoms with Gasteiger partial charge in [0.1, 0.15) is 6.04 Å². The summed E-state index contributed by atoms with van der Waals surface area (Å²) < 4.78 is 27.5. The summed E-state index contributed by atoms with van der Waals surface area (Å²) in [7, 11) is -2.45. The zero-order valence-electron chi connectivity index (χ0n) is 11.0. The van der Waals surface area contributed by atoms with Crippen LogP contribution < -0.4 is 5.73 Å². The maximum absolute atomic E-state index is 12.6. The molecular weight excluding hydrogens is 284 g/mol. The van der Waals surface area contributed by atoms with Crippen molar-refractivity contribution >= 4 is 15.9 Å². The van der Waals surface area contributed by atoms with Crippen molar-refractivity contribution in [1.82, 2.24) is 13.9 Å². The molecule has 1 aliphatic rings. The van der Waals surface area contributed by atoms with Gasteiger partial charge in [0.15, 0.2) is 0 Å². The van der Waals surface area contributed by atoms with Crippen LogP contribution in [0.1, 0.15) is 12.8 Å². The molecule has 0 aromatic carbocycles. The summed E-state index contributed by atoms with van der Waals surface area (Å²) in [6.07, 6.45) is 4.15. The van der Waals surface area contributed by atoms with Crippen LogP contribution in [0.25, 0.3) is 0 Å². The number of hydrogen-bond acceptors (Lipinski definition) is 5. The highest BCUT2D eigenvalue weighted by molar-refractivity contribution is 7.89. The number of aromatic nitrogens is 2. The summed E-state index contributed by atoms with van der Waals surface area (Å²) in [5, 5.41) is 9.75. The Morgan fingerprint density at radius 1 is 1.55 bits per heavy atom. The Hall–Kier alpha value is -1.45. The van der Waals surface area contributed by atoms with E-state index in [1.807, 2.05) is 0 Å². The summed E-state index contributed by atoms with van der Waals surface area (Å²) >= 11 is 0. The highest BCUT2D eigenvalue weighted by atomic mass is 32.2. The smallest absolute Gasteiger partial charge is 0.277 e. The number of aryl methyl sites for hydroxylation is 1. The van der Waals surface area contributed by atoms with Gasteiger partial charge in [0.25, 0.3) is 10.0 Å². The van der Waals surface area contributed by atoms with Crippen LogP contribution in [0.5, 0.6) is 0 Å². The minimum Gasteiger partial charge on any atom is -0.391 e. The Morgan fingerprint density at radius 2 is 2.25 bits per heavy atom. The van der Waals surface area contributed by atoms with Crippen LogP contribution in [0.2, 0.25) is 0 Å². The van der Waals surface area contributed by atoms with Crippen molar-refractivity contribution in [2.24, 2.45) is 12.8 Å². The van der Waals surface area contributed by atoms with E-state index in [1.165, 1.54) is 23.4 Å². The average molecular weight is 301 g/mol. The number of primary amides is 1. The van der Waals surface area contributed by atoms with Gasteiger partial charge in [-0.3, -0.25) is 4.79 Å². The number of amides is 1. The molecular formula is C11H17N4O4S. The fourth-order valence-corrected chi connectivity index (χ4v) is 3.99. The Morgan fingerprint density at radius 3 is 2.80 bits per heavy atom. The van der Waals surface area contributed by atoms with Gasteiger partial charge >= 0.3 is 0 Å². The maximum atomic E-state index is 12.6. The number of aliphatic hydroxyl groups excluding tert-OH is 1. The molecule has 0 aliphatic carbocycles. The normalized spacial score (nSPS) is 25.3. The Bertz CT molecular complexity index is 597. The molecule has 0 bridgehead atoms. The quantitative estimate of drug-likeness (QED) is 0.713. The van der Waals surface area contributed by atoms with Crippen molar-refractivity contribution in [2.45, 2.75) is 30.1 Å². The fourth-order valence-electron chi connectivity index (χ4n) is 2.26. The van der Waals surface area contributed by atoms with Crippen LogP contribution in [-0.4, -0.2) is 52.0 Å². The number of nitrogens with two attached hydrogens (primary N) is 1. The minimum absolute atomic E-state index is 0.107. The third kappa shape index (κ3) is 2.56. The molecule has 0 spiro atoms. The number of carbonyl (C=O) groups is 1. The number of carbonyl (C=O) groups excluding carboxylic acids is 1. The molecule has 2 heterocycles. The van der Waals surface area contributed by atoms with Gasteiger partial charge < -0.3 is 15.4 Å². The topological polar surface area (TPSA) is 119 Å². The second-order valence-corrected chi connectivity index (χ2v) is 6.44. The van der Waals surface area contributed by atoms with Crippen molar-refractivity contribution in [3.8, 4) is 0 Å². The van der Waals surface area contributed by atoms with E-state index in [9.17, 15) is 18.3 Å². The second-order valence-electron chi connectivity index (χ2n) is 4.65. The summed E-state index contributed by atoms with van der Waals surface area (Å²) in [6.45, 7) is 0.107. The van der Waals surface area contributed by atoms with Crippen molar-refractivity contribution in [2.75, 3.05) is 6.54 Å². The molecule has 111 valence electrons. The lowest BCUT2D eigenvalue weighted by atomic mass is 10.1. The first-order valence-corrected chi connectivity index (χ1v) is 7.59. The van der Waals surface area contributed by atoms with Crippen LogP contribution in [0.4, 0.5) is 0 Å². The summed E-state index contributed by atoms with van der Waals surface area (Å²) in [6, 6.07) is -1.31. The fraction of sp³-hybridized carbons (Fsp3) is 0.545. The molecule has 8 nitrogen and oxygen atoms in total. The Kier molecular flexibility index (Phi) is 4.11. The zero-order chi connectivity index (χ0) is 14.9. The lowest BCUT2D eigenvalue weighted by molar-refractivity contribution is -0.124.